The Bertz CT molecular complexity index is 602. The van der Waals surface area contributed by atoms with Gasteiger partial charge < -0.3 is 14.8 Å². The van der Waals surface area contributed by atoms with Crippen molar-refractivity contribution >= 4 is 17.1 Å². The summed E-state index contributed by atoms with van der Waals surface area (Å²) in [6.45, 7) is 0.812. The molecule has 3 heterocycles. The number of hydrogen-bond donors (Lipinski definition) is 2. The summed E-state index contributed by atoms with van der Waals surface area (Å²) in [5, 5.41) is 8.92. The number of hydrogen-bond acceptors (Lipinski definition) is 4. The molecule has 0 saturated carbocycles. The molecular formula is C13H15N3O3. The highest BCUT2D eigenvalue weighted by Gasteiger charge is 2.17. The number of fused-ring (bicyclic) bond motifs is 1. The number of ether oxygens (including phenoxy) is 1. The molecule has 1 aliphatic rings. The highest BCUT2D eigenvalue weighted by Crippen LogP contribution is 2.18. The van der Waals surface area contributed by atoms with Crippen LogP contribution >= 0.6 is 0 Å². The number of aromatic amines is 1. The first-order valence-electron chi connectivity index (χ1n) is 6.42. The molecule has 19 heavy (non-hydrogen) atoms. The Morgan fingerprint density at radius 2 is 2.42 bits per heavy atom. The lowest BCUT2D eigenvalue weighted by Gasteiger charge is -2.21. The van der Waals surface area contributed by atoms with Crippen LogP contribution in [0.1, 0.15) is 35.4 Å². The summed E-state index contributed by atoms with van der Waals surface area (Å²) < 4.78 is 5.67. The summed E-state index contributed by atoms with van der Waals surface area (Å²) in [5.74, 6) is -0.182. The molecule has 3 rings (SSSR count). The Hall–Kier alpha value is -1.95. The minimum atomic E-state index is -0.985. The van der Waals surface area contributed by atoms with E-state index >= 15 is 0 Å². The van der Waals surface area contributed by atoms with Crippen molar-refractivity contribution < 1.29 is 14.6 Å². The van der Waals surface area contributed by atoms with Gasteiger partial charge >= 0.3 is 5.97 Å². The maximum Gasteiger partial charge on any atom is 0.337 e. The van der Waals surface area contributed by atoms with Gasteiger partial charge in [-0.25, -0.2) is 14.8 Å². The van der Waals surface area contributed by atoms with Crippen LogP contribution in [0.3, 0.4) is 0 Å². The Balaban J connectivity index is 1.82. The number of carbonyl (C=O) groups is 1. The van der Waals surface area contributed by atoms with Gasteiger partial charge in [0.15, 0.2) is 5.65 Å². The first-order chi connectivity index (χ1) is 9.22. The predicted octanol–water partition coefficient (Wildman–Crippen LogP) is 1.77. The Morgan fingerprint density at radius 3 is 3.16 bits per heavy atom. The second kappa shape index (κ2) is 4.97. The molecule has 6 heteroatoms. The van der Waals surface area contributed by atoms with Crippen LogP contribution in [-0.4, -0.2) is 38.7 Å². The number of carboxylic acids is 1. The van der Waals surface area contributed by atoms with E-state index in [1.54, 1.807) is 6.07 Å². The number of aromatic carboxylic acids is 1. The van der Waals surface area contributed by atoms with Crippen LogP contribution in [0, 0.1) is 0 Å². The van der Waals surface area contributed by atoms with E-state index in [0.29, 0.717) is 11.2 Å². The van der Waals surface area contributed by atoms with Gasteiger partial charge in [-0.3, -0.25) is 0 Å². The van der Waals surface area contributed by atoms with Crippen LogP contribution in [0.15, 0.2) is 12.3 Å². The van der Waals surface area contributed by atoms with Crippen molar-refractivity contribution in [3.8, 4) is 0 Å². The van der Waals surface area contributed by atoms with Crippen LogP contribution in [0.25, 0.3) is 11.2 Å². The summed E-state index contributed by atoms with van der Waals surface area (Å²) in [6, 6.07) is 1.56. The van der Waals surface area contributed by atoms with Crippen molar-refractivity contribution in [2.24, 2.45) is 0 Å². The van der Waals surface area contributed by atoms with Gasteiger partial charge in [0.2, 0.25) is 0 Å². The average Bonchev–Trinajstić information content (AvgIpc) is 2.80. The van der Waals surface area contributed by atoms with Crippen LogP contribution < -0.4 is 0 Å². The molecule has 0 aliphatic carbocycles. The average molecular weight is 261 g/mol. The van der Waals surface area contributed by atoms with Gasteiger partial charge in [0.05, 0.1) is 17.2 Å². The highest BCUT2D eigenvalue weighted by atomic mass is 16.5. The smallest absolute Gasteiger partial charge is 0.337 e. The fourth-order valence-corrected chi connectivity index (χ4v) is 2.35. The monoisotopic (exact) mass is 261 g/mol. The zero-order valence-corrected chi connectivity index (χ0v) is 10.4. The van der Waals surface area contributed by atoms with E-state index in [1.807, 2.05) is 0 Å². The predicted molar refractivity (Wildman–Crippen MR) is 68.1 cm³/mol. The molecule has 2 aromatic heterocycles. The van der Waals surface area contributed by atoms with E-state index in [-0.39, 0.29) is 11.7 Å². The van der Waals surface area contributed by atoms with Crippen LogP contribution in [0.2, 0.25) is 0 Å². The Kier molecular flexibility index (Phi) is 3.16. The molecular weight excluding hydrogens is 246 g/mol. The quantitative estimate of drug-likeness (QED) is 0.879. The summed E-state index contributed by atoms with van der Waals surface area (Å²) in [7, 11) is 0. The number of pyridine rings is 1. The van der Waals surface area contributed by atoms with Gasteiger partial charge in [-0.2, -0.15) is 0 Å². The molecule has 1 atom stereocenters. The van der Waals surface area contributed by atoms with Crippen molar-refractivity contribution in [1.82, 2.24) is 15.0 Å². The highest BCUT2D eigenvalue weighted by molar-refractivity contribution is 5.90. The number of imidazole rings is 1. The van der Waals surface area contributed by atoms with Crippen molar-refractivity contribution in [3.63, 3.8) is 0 Å². The lowest BCUT2D eigenvalue weighted by atomic mass is 10.1. The molecule has 1 saturated heterocycles. The first kappa shape index (κ1) is 12.1. The van der Waals surface area contributed by atoms with Gasteiger partial charge in [-0.1, -0.05) is 0 Å². The third kappa shape index (κ3) is 2.58. The summed E-state index contributed by atoms with van der Waals surface area (Å²) in [5.41, 5.74) is 1.37. The van der Waals surface area contributed by atoms with Gasteiger partial charge in [-0.15, -0.1) is 0 Å². The molecule has 0 spiro atoms. The standard InChI is InChI=1S/C13H15N3O3/c17-13(18)8-5-10-12(14-7-8)16-11(15-10)6-9-3-1-2-4-19-9/h5,7,9H,1-4,6H2,(H,17,18)(H,14,15,16). The fourth-order valence-electron chi connectivity index (χ4n) is 2.35. The number of carboxylic acid groups (broad SMARTS) is 1. The second-order valence-electron chi connectivity index (χ2n) is 4.78. The normalized spacial score (nSPS) is 19.7. The van der Waals surface area contributed by atoms with Gasteiger partial charge in [-0.05, 0) is 25.3 Å². The van der Waals surface area contributed by atoms with Crippen LogP contribution in [0.4, 0.5) is 0 Å². The number of aromatic nitrogens is 3. The third-order valence-electron chi connectivity index (χ3n) is 3.33. The van der Waals surface area contributed by atoms with Gasteiger partial charge in [0.1, 0.15) is 5.82 Å². The van der Waals surface area contributed by atoms with E-state index in [0.717, 1.165) is 31.7 Å². The molecule has 0 radical (unpaired) electrons. The zero-order valence-electron chi connectivity index (χ0n) is 10.4. The molecule has 0 amide bonds. The molecule has 0 aromatic carbocycles. The Labute approximate surface area is 109 Å². The topological polar surface area (TPSA) is 88.1 Å². The molecule has 1 fully saturated rings. The molecule has 6 nitrogen and oxygen atoms in total. The van der Waals surface area contributed by atoms with Crippen molar-refractivity contribution in [2.75, 3.05) is 6.61 Å². The SMILES string of the molecule is O=C(O)c1cnc2nc(CC3CCCCO3)[nH]c2c1. The number of H-pyrrole nitrogens is 1. The van der Waals surface area contributed by atoms with E-state index < -0.39 is 5.97 Å². The largest absolute Gasteiger partial charge is 0.478 e. The van der Waals surface area contributed by atoms with E-state index in [9.17, 15) is 4.79 Å². The maximum absolute atomic E-state index is 10.9. The number of nitrogens with one attached hydrogen (secondary N) is 1. The zero-order chi connectivity index (χ0) is 13.2. The maximum atomic E-state index is 10.9. The third-order valence-corrected chi connectivity index (χ3v) is 3.33. The van der Waals surface area contributed by atoms with E-state index in [4.69, 9.17) is 9.84 Å². The van der Waals surface area contributed by atoms with Gasteiger partial charge in [0, 0.05) is 19.2 Å². The number of nitrogens with zero attached hydrogens (tertiary/aromatic N) is 2. The molecule has 100 valence electrons. The molecule has 2 N–H and O–H groups in total. The van der Waals surface area contributed by atoms with Crippen LogP contribution in [-0.2, 0) is 11.2 Å². The molecule has 1 unspecified atom stereocenters. The fraction of sp³-hybridized carbons (Fsp3) is 0.462. The lowest BCUT2D eigenvalue weighted by molar-refractivity contribution is 0.0158. The summed E-state index contributed by atoms with van der Waals surface area (Å²) in [4.78, 5) is 22.4. The molecule has 2 aromatic rings. The van der Waals surface area contributed by atoms with E-state index in [1.165, 1.54) is 12.6 Å². The van der Waals surface area contributed by atoms with E-state index in [2.05, 4.69) is 15.0 Å². The van der Waals surface area contributed by atoms with Gasteiger partial charge in [0.25, 0.3) is 0 Å². The minimum Gasteiger partial charge on any atom is -0.478 e. The lowest BCUT2D eigenvalue weighted by Crippen LogP contribution is -2.21. The molecule has 1 aliphatic heterocycles. The number of rotatable bonds is 3. The van der Waals surface area contributed by atoms with Crippen molar-refractivity contribution in [2.45, 2.75) is 31.8 Å². The van der Waals surface area contributed by atoms with Crippen molar-refractivity contribution in [3.05, 3.63) is 23.7 Å². The van der Waals surface area contributed by atoms with Crippen molar-refractivity contribution in [1.29, 1.82) is 0 Å². The Morgan fingerprint density at radius 1 is 1.53 bits per heavy atom. The summed E-state index contributed by atoms with van der Waals surface area (Å²) >= 11 is 0. The van der Waals surface area contributed by atoms with Crippen LogP contribution in [0.5, 0.6) is 0 Å². The second-order valence-corrected chi connectivity index (χ2v) is 4.78. The summed E-state index contributed by atoms with van der Waals surface area (Å²) in [6.07, 6.45) is 5.61. The minimum absolute atomic E-state index is 0.164. The first-order valence-corrected chi connectivity index (χ1v) is 6.42. The molecule has 0 bridgehead atoms.